The molecular formula is C20H13ClO5. The molecule has 130 valence electrons. The Morgan fingerprint density at radius 2 is 1.38 bits per heavy atom. The van der Waals surface area contributed by atoms with Gasteiger partial charge >= 0.3 is 5.97 Å². The fourth-order valence-corrected chi connectivity index (χ4v) is 2.57. The lowest BCUT2D eigenvalue weighted by Gasteiger charge is -2.09. The van der Waals surface area contributed by atoms with Gasteiger partial charge in [0.15, 0.2) is 5.78 Å². The number of phenols is 2. The van der Waals surface area contributed by atoms with Crippen molar-refractivity contribution in [3.05, 3.63) is 88.4 Å². The van der Waals surface area contributed by atoms with E-state index in [0.717, 1.165) is 0 Å². The van der Waals surface area contributed by atoms with E-state index in [-0.39, 0.29) is 39.0 Å². The molecule has 3 aromatic carbocycles. The zero-order valence-electron chi connectivity index (χ0n) is 13.3. The van der Waals surface area contributed by atoms with Crippen LogP contribution in [0.2, 0.25) is 5.02 Å². The van der Waals surface area contributed by atoms with Crippen LogP contribution in [0.5, 0.6) is 17.2 Å². The maximum Gasteiger partial charge on any atom is 0.347 e. The lowest BCUT2D eigenvalue weighted by Crippen LogP contribution is -2.09. The maximum atomic E-state index is 12.5. The average molecular weight is 369 g/mol. The van der Waals surface area contributed by atoms with Crippen LogP contribution in [0, 0.1) is 0 Å². The molecule has 0 saturated carbocycles. The highest BCUT2D eigenvalue weighted by Gasteiger charge is 2.18. The van der Waals surface area contributed by atoms with Crippen LogP contribution in [0.3, 0.4) is 0 Å². The lowest BCUT2D eigenvalue weighted by atomic mass is 10.0. The smallest absolute Gasteiger partial charge is 0.347 e. The van der Waals surface area contributed by atoms with Gasteiger partial charge in [0.1, 0.15) is 22.8 Å². The fourth-order valence-electron chi connectivity index (χ4n) is 2.35. The highest BCUT2D eigenvalue weighted by molar-refractivity contribution is 6.32. The van der Waals surface area contributed by atoms with Gasteiger partial charge in [-0.05, 0) is 42.5 Å². The summed E-state index contributed by atoms with van der Waals surface area (Å²) < 4.78 is 5.18. The predicted molar refractivity (Wildman–Crippen MR) is 96.1 cm³/mol. The number of aromatic hydroxyl groups is 2. The van der Waals surface area contributed by atoms with Gasteiger partial charge in [-0.15, -0.1) is 0 Å². The third-order valence-corrected chi connectivity index (χ3v) is 3.96. The average Bonchev–Trinajstić information content (AvgIpc) is 2.63. The van der Waals surface area contributed by atoms with Crippen LogP contribution in [0.4, 0.5) is 0 Å². The number of hydrogen-bond acceptors (Lipinski definition) is 5. The Balaban J connectivity index is 1.84. The van der Waals surface area contributed by atoms with Gasteiger partial charge in [0.25, 0.3) is 0 Å². The van der Waals surface area contributed by atoms with Crippen molar-refractivity contribution in [3.8, 4) is 17.2 Å². The summed E-state index contributed by atoms with van der Waals surface area (Å²) in [6, 6.07) is 16.3. The molecule has 0 aliphatic carbocycles. The highest BCUT2D eigenvalue weighted by atomic mass is 35.5. The molecule has 0 aromatic heterocycles. The molecule has 0 aliphatic rings. The van der Waals surface area contributed by atoms with Gasteiger partial charge in [-0.1, -0.05) is 35.9 Å². The Morgan fingerprint density at radius 1 is 0.808 bits per heavy atom. The van der Waals surface area contributed by atoms with Crippen LogP contribution >= 0.6 is 11.6 Å². The summed E-state index contributed by atoms with van der Waals surface area (Å²) in [5, 5.41) is 19.5. The number of carbonyl (C=O) groups excluding carboxylic acids is 2. The molecule has 0 aliphatic heterocycles. The summed E-state index contributed by atoms with van der Waals surface area (Å²) >= 11 is 6.12. The van der Waals surface area contributed by atoms with Gasteiger partial charge in [-0.2, -0.15) is 0 Å². The number of ketones is 1. The molecule has 0 atom stereocenters. The van der Waals surface area contributed by atoms with E-state index < -0.39 is 11.8 Å². The number of para-hydroxylation sites is 2. The van der Waals surface area contributed by atoms with Crippen molar-refractivity contribution in [2.45, 2.75) is 0 Å². The highest BCUT2D eigenvalue weighted by Crippen LogP contribution is 2.29. The zero-order valence-corrected chi connectivity index (χ0v) is 14.1. The minimum absolute atomic E-state index is 0.00192. The van der Waals surface area contributed by atoms with Crippen molar-refractivity contribution in [1.82, 2.24) is 0 Å². The van der Waals surface area contributed by atoms with Crippen LogP contribution in [-0.2, 0) is 0 Å². The molecule has 0 spiro atoms. The number of rotatable bonds is 4. The molecule has 0 unspecified atom stereocenters. The van der Waals surface area contributed by atoms with Crippen LogP contribution in [0.15, 0.2) is 66.7 Å². The molecule has 0 saturated heterocycles. The summed E-state index contributed by atoms with van der Waals surface area (Å²) in [7, 11) is 0. The molecule has 0 bridgehead atoms. The predicted octanol–water partition coefficient (Wildman–Crippen LogP) is 4.20. The van der Waals surface area contributed by atoms with Gasteiger partial charge in [-0.25, -0.2) is 4.79 Å². The van der Waals surface area contributed by atoms with E-state index in [4.69, 9.17) is 16.3 Å². The van der Waals surface area contributed by atoms with E-state index >= 15 is 0 Å². The first kappa shape index (κ1) is 17.5. The normalized spacial score (nSPS) is 10.3. The standard InChI is InChI=1S/C20H13ClO5/c21-15-11-12(19(24)13-5-1-3-7-16(13)22)9-10-18(15)26-20(25)14-6-2-4-8-17(14)23/h1-11,22-23H. The molecule has 2 N–H and O–H groups in total. The largest absolute Gasteiger partial charge is 0.507 e. The summed E-state index contributed by atoms with van der Waals surface area (Å²) in [5.74, 6) is -1.48. The van der Waals surface area contributed by atoms with E-state index in [0.29, 0.717) is 0 Å². The third kappa shape index (κ3) is 3.53. The first-order valence-corrected chi connectivity index (χ1v) is 7.97. The first-order valence-electron chi connectivity index (χ1n) is 7.60. The first-order chi connectivity index (χ1) is 12.5. The molecule has 0 amide bonds. The second-order valence-corrected chi connectivity index (χ2v) is 5.81. The summed E-state index contributed by atoms with van der Waals surface area (Å²) in [6.07, 6.45) is 0. The quantitative estimate of drug-likeness (QED) is 0.409. The van der Waals surface area contributed by atoms with Crippen LogP contribution in [0.1, 0.15) is 26.3 Å². The van der Waals surface area contributed by atoms with Crippen molar-refractivity contribution in [3.63, 3.8) is 0 Å². The number of hydrogen-bond donors (Lipinski definition) is 2. The van der Waals surface area contributed by atoms with E-state index in [1.807, 2.05) is 0 Å². The number of benzene rings is 3. The number of phenolic OH excluding ortho intramolecular Hbond substituents is 2. The monoisotopic (exact) mass is 368 g/mol. The topological polar surface area (TPSA) is 83.8 Å². The van der Waals surface area contributed by atoms with E-state index in [1.165, 1.54) is 42.5 Å². The zero-order chi connectivity index (χ0) is 18.7. The number of esters is 1. The van der Waals surface area contributed by atoms with Gasteiger partial charge in [0, 0.05) is 5.56 Å². The Labute approximate surface area is 154 Å². The summed E-state index contributed by atoms with van der Waals surface area (Å²) in [5.41, 5.74) is 0.374. The van der Waals surface area contributed by atoms with Gasteiger partial charge in [0.2, 0.25) is 0 Å². The van der Waals surface area contributed by atoms with Crippen molar-refractivity contribution in [1.29, 1.82) is 0 Å². The van der Waals surface area contributed by atoms with Crippen LogP contribution in [0.25, 0.3) is 0 Å². The minimum atomic E-state index is -0.773. The van der Waals surface area contributed by atoms with Crippen molar-refractivity contribution in [2.75, 3.05) is 0 Å². The van der Waals surface area contributed by atoms with Gasteiger partial charge < -0.3 is 14.9 Å². The lowest BCUT2D eigenvalue weighted by molar-refractivity contribution is 0.0731. The fraction of sp³-hybridized carbons (Fsp3) is 0. The molecular weight excluding hydrogens is 356 g/mol. The SMILES string of the molecule is O=C(Oc1ccc(C(=O)c2ccccc2O)cc1Cl)c1ccccc1O. The van der Waals surface area contributed by atoms with Crippen molar-refractivity contribution in [2.24, 2.45) is 0 Å². The Bertz CT molecular complexity index is 997. The second kappa shape index (κ2) is 7.29. The van der Waals surface area contributed by atoms with Crippen LogP contribution in [-0.4, -0.2) is 22.0 Å². The van der Waals surface area contributed by atoms with Crippen molar-refractivity contribution >= 4 is 23.4 Å². The second-order valence-electron chi connectivity index (χ2n) is 5.40. The molecule has 26 heavy (non-hydrogen) atoms. The number of halogens is 1. The van der Waals surface area contributed by atoms with Crippen molar-refractivity contribution < 1.29 is 24.5 Å². The van der Waals surface area contributed by atoms with E-state index in [2.05, 4.69) is 0 Å². The Hall–Kier alpha value is -3.31. The van der Waals surface area contributed by atoms with E-state index in [1.54, 1.807) is 24.3 Å². The molecule has 3 rings (SSSR count). The van der Waals surface area contributed by atoms with Gasteiger partial charge in [-0.3, -0.25) is 4.79 Å². The van der Waals surface area contributed by atoms with Gasteiger partial charge in [0.05, 0.1) is 10.6 Å². The third-order valence-electron chi connectivity index (χ3n) is 3.67. The van der Waals surface area contributed by atoms with E-state index in [9.17, 15) is 19.8 Å². The van der Waals surface area contributed by atoms with Crippen LogP contribution < -0.4 is 4.74 Å². The minimum Gasteiger partial charge on any atom is -0.507 e. The Kier molecular flexibility index (Phi) is 4.91. The number of ether oxygens (including phenoxy) is 1. The summed E-state index contributed by atoms with van der Waals surface area (Å²) in [6.45, 7) is 0. The number of carbonyl (C=O) groups is 2. The molecule has 0 fully saturated rings. The molecule has 6 heteroatoms. The maximum absolute atomic E-state index is 12.5. The molecule has 0 radical (unpaired) electrons. The Morgan fingerprint density at radius 3 is 1.96 bits per heavy atom. The molecule has 5 nitrogen and oxygen atoms in total. The summed E-state index contributed by atoms with van der Waals surface area (Å²) in [4.78, 5) is 24.6. The molecule has 3 aromatic rings. The molecule has 0 heterocycles.